The molecule has 2 aromatic carbocycles. The number of aromatic hydroxyl groups is 1. The van der Waals surface area contributed by atoms with Gasteiger partial charge in [0.1, 0.15) is 41.2 Å². The molecule has 0 aliphatic carbocycles. The maximum atomic E-state index is 13.8. The predicted octanol–water partition coefficient (Wildman–Crippen LogP) is 0.348. The van der Waals surface area contributed by atoms with Crippen molar-refractivity contribution in [2.24, 2.45) is 0 Å². The predicted molar refractivity (Wildman–Crippen MR) is 162 cm³/mol. The molecule has 45 heavy (non-hydrogen) atoms. The Morgan fingerprint density at radius 2 is 1.67 bits per heavy atom. The van der Waals surface area contributed by atoms with Crippen LogP contribution in [0.25, 0.3) is 0 Å². The zero-order chi connectivity index (χ0) is 32.1. The largest absolute Gasteiger partial charge is 0.507 e. The topological polar surface area (TPSA) is 186 Å². The second-order valence-corrected chi connectivity index (χ2v) is 11.0. The number of nitrogens with zero attached hydrogens (tertiary/aromatic N) is 4. The average Bonchev–Trinajstić information content (AvgIpc) is 3.04. The number of phenolic OH excluding ortho intramolecular Hbond substituents is 1. The molecule has 4 heterocycles. The highest BCUT2D eigenvalue weighted by Crippen LogP contribution is 2.28. The molecule has 3 aliphatic heterocycles. The van der Waals surface area contributed by atoms with E-state index in [0.717, 1.165) is 11.4 Å². The lowest BCUT2D eigenvalue weighted by molar-refractivity contribution is -0.137. The van der Waals surface area contributed by atoms with E-state index in [1.165, 1.54) is 32.0 Å². The Morgan fingerprint density at radius 1 is 0.956 bits per heavy atom. The number of carbonyl (C=O) groups excluding carboxylic acids is 4. The van der Waals surface area contributed by atoms with E-state index in [4.69, 9.17) is 4.74 Å². The maximum Gasteiger partial charge on any atom is 0.255 e. The van der Waals surface area contributed by atoms with Gasteiger partial charge in [-0.3, -0.25) is 24.2 Å². The first-order chi connectivity index (χ1) is 21.6. The van der Waals surface area contributed by atoms with Crippen molar-refractivity contribution in [2.75, 3.05) is 31.1 Å². The quantitative estimate of drug-likeness (QED) is 0.257. The van der Waals surface area contributed by atoms with Crippen molar-refractivity contribution in [3.8, 4) is 17.2 Å². The van der Waals surface area contributed by atoms with E-state index >= 15 is 0 Å². The van der Waals surface area contributed by atoms with Crippen LogP contribution < -0.4 is 25.6 Å². The number of phenols is 1. The maximum absolute atomic E-state index is 13.8. The minimum Gasteiger partial charge on any atom is -0.507 e. The van der Waals surface area contributed by atoms with E-state index in [0.29, 0.717) is 31.9 Å². The van der Waals surface area contributed by atoms with E-state index in [2.05, 4.69) is 25.9 Å². The van der Waals surface area contributed by atoms with Crippen LogP contribution in [0.1, 0.15) is 29.8 Å². The summed E-state index contributed by atoms with van der Waals surface area (Å²) in [5, 5.41) is 28.3. The van der Waals surface area contributed by atoms with Crippen LogP contribution in [0.3, 0.4) is 0 Å². The Hall–Kier alpha value is -5.24. The minimum absolute atomic E-state index is 0.172. The van der Waals surface area contributed by atoms with Crippen LogP contribution in [0.4, 0.5) is 5.82 Å². The number of rotatable bonds is 3. The zero-order valence-corrected chi connectivity index (χ0v) is 24.8. The number of anilines is 1. The van der Waals surface area contributed by atoms with Gasteiger partial charge in [-0.15, -0.1) is 0 Å². The summed E-state index contributed by atoms with van der Waals surface area (Å²) >= 11 is 0. The number of amides is 4. The first-order valence-corrected chi connectivity index (χ1v) is 14.6. The molecule has 0 saturated carbocycles. The fraction of sp³-hybridized carbons (Fsp3) is 0.355. The van der Waals surface area contributed by atoms with Gasteiger partial charge in [0.2, 0.25) is 17.7 Å². The lowest BCUT2D eigenvalue weighted by Crippen LogP contribution is -2.59. The van der Waals surface area contributed by atoms with E-state index in [-0.39, 0.29) is 29.4 Å². The summed E-state index contributed by atoms with van der Waals surface area (Å²) in [7, 11) is 0. The van der Waals surface area contributed by atoms with Gasteiger partial charge in [-0.05, 0) is 49.7 Å². The molecule has 1 aromatic heterocycles. The third-order valence-corrected chi connectivity index (χ3v) is 7.69. The highest BCUT2D eigenvalue weighted by atomic mass is 16.5. The Labute approximate surface area is 259 Å². The molecular formula is C31H35N7O7. The van der Waals surface area contributed by atoms with Gasteiger partial charge in [0.15, 0.2) is 0 Å². The molecule has 5 N–H and O–H groups in total. The molecule has 4 atom stereocenters. The molecule has 14 heteroatoms. The number of aliphatic hydroxyl groups excluding tert-OH is 1. The monoisotopic (exact) mass is 617 g/mol. The highest BCUT2D eigenvalue weighted by molar-refractivity contribution is 6.01. The fourth-order valence-electron chi connectivity index (χ4n) is 5.15. The van der Waals surface area contributed by atoms with Gasteiger partial charge in [-0.2, -0.15) is 0 Å². The summed E-state index contributed by atoms with van der Waals surface area (Å²) in [4.78, 5) is 65.4. The highest BCUT2D eigenvalue weighted by Gasteiger charge is 2.33. The lowest BCUT2D eigenvalue weighted by Gasteiger charge is -2.37. The number of nitrogens with one attached hydrogen (secondary N) is 3. The van der Waals surface area contributed by atoms with E-state index in [9.17, 15) is 29.4 Å². The van der Waals surface area contributed by atoms with Crippen molar-refractivity contribution in [3.63, 3.8) is 0 Å². The SMILES string of the molecule is C[C@@H]1NC(=O)[C@H]([C@@H](C)O)NC(=O)c2cc(ccc2O)Oc2ccc(cc2)C[C@@H](C(=O)N2CCN(c3cnccn3)CC2)NC1=O. The number of carbonyl (C=O) groups is 4. The van der Waals surface area contributed by atoms with Crippen LogP contribution in [0, 0.1) is 0 Å². The molecule has 236 valence electrons. The molecule has 14 nitrogen and oxygen atoms in total. The van der Waals surface area contributed by atoms with Crippen molar-refractivity contribution < 1.29 is 34.1 Å². The molecule has 1 saturated heterocycles. The van der Waals surface area contributed by atoms with Gasteiger partial charge >= 0.3 is 0 Å². The Morgan fingerprint density at radius 3 is 2.33 bits per heavy atom. The van der Waals surface area contributed by atoms with Crippen LogP contribution in [0.2, 0.25) is 0 Å². The summed E-state index contributed by atoms with van der Waals surface area (Å²) < 4.78 is 5.88. The number of piperazine rings is 1. The number of ether oxygens (including phenoxy) is 1. The van der Waals surface area contributed by atoms with Gasteiger partial charge in [-0.25, -0.2) is 4.98 Å². The van der Waals surface area contributed by atoms with E-state index in [1.807, 2.05) is 4.90 Å². The second kappa shape index (κ2) is 13.6. The van der Waals surface area contributed by atoms with Crippen molar-refractivity contribution in [1.29, 1.82) is 0 Å². The molecule has 0 unspecified atom stereocenters. The summed E-state index contributed by atoms with van der Waals surface area (Å²) in [6, 6.07) is 7.48. The number of fused-ring (bicyclic) bond motifs is 11. The van der Waals surface area contributed by atoms with Crippen molar-refractivity contribution in [1.82, 2.24) is 30.8 Å². The van der Waals surface area contributed by atoms with Gasteiger partial charge in [0, 0.05) is 45.0 Å². The number of hydrogen-bond acceptors (Lipinski definition) is 10. The fourth-order valence-corrected chi connectivity index (χ4v) is 5.15. The molecule has 4 amide bonds. The van der Waals surface area contributed by atoms with Gasteiger partial charge in [0.25, 0.3) is 5.91 Å². The summed E-state index contributed by atoms with van der Waals surface area (Å²) in [6.45, 7) is 4.64. The number of aliphatic hydroxyl groups is 1. The standard InChI is InChI=1S/C31H35N7O7/c1-18-28(41)35-24(31(44)38-13-11-37(12-14-38)26-17-32-9-10-33-26)15-20-3-5-21(6-4-20)45-22-7-8-25(40)23(16-22)29(42)36-27(19(2)39)30(43)34-18/h3-10,16-19,24,27,39-40H,11-15H2,1-2H3,(H,34,43)(H,35,41)(H,36,42)/t18-,19+,24-,27-/m0/s1. The van der Waals surface area contributed by atoms with Gasteiger partial charge in [-0.1, -0.05) is 12.1 Å². The van der Waals surface area contributed by atoms with Gasteiger partial charge in [0.05, 0.1) is 17.9 Å². The first-order valence-electron chi connectivity index (χ1n) is 14.6. The van der Waals surface area contributed by atoms with Crippen molar-refractivity contribution in [3.05, 3.63) is 72.2 Å². The summed E-state index contributed by atoms with van der Waals surface area (Å²) in [5.74, 6) is -1.52. The van der Waals surface area contributed by atoms with Gasteiger partial charge < -0.3 is 40.7 Å². The van der Waals surface area contributed by atoms with E-state index < -0.39 is 42.0 Å². The third-order valence-electron chi connectivity index (χ3n) is 7.69. The molecular weight excluding hydrogens is 582 g/mol. The normalized spacial score (nSPS) is 21.8. The summed E-state index contributed by atoms with van der Waals surface area (Å²) in [6.07, 6.45) is 3.70. The van der Waals surface area contributed by atoms with Crippen LogP contribution >= 0.6 is 0 Å². The molecule has 0 spiro atoms. The summed E-state index contributed by atoms with van der Waals surface area (Å²) in [5.41, 5.74) is 0.574. The molecule has 1 fully saturated rings. The zero-order valence-electron chi connectivity index (χ0n) is 24.8. The number of benzene rings is 2. The molecule has 3 aromatic rings. The van der Waals surface area contributed by atoms with Crippen LogP contribution in [0.15, 0.2) is 61.1 Å². The van der Waals surface area contributed by atoms with Crippen LogP contribution in [0.5, 0.6) is 17.2 Å². The Bertz CT molecular complexity index is 1540. The van der Waals surface area contributed by atoms with Crippen molar-refractivity contribution >= 4 is 29.4 Å². The molecule has 0 radical (unpaired) electrons. The smallest absolute Gasteiger partial charge is 0.255 e. The lowest BCUT2D eigenvalue weighted by atomic mass is 10.0. The average molecular weight is 618 g/mol. The molecule has 3 aliphatic rings. The molecule has 4 bridgehead atoms. The van der Waals surface area contributed by atoms with Crippen LogP contribution in [-0.2, 0) is 20.8 Å². The van der Waals surface area contributed by atoms with Crippen molar-refractivity contribution in [2.45, 2.75) is 44.5 Å². The Balaban J connectivity index is 1.40. The minimum atomic E-state index is -1.45. The van der Waals surface area contributed by atoms with Crippen LogP contribution in [-0.4, -0.2) is 99.1 Å². The number of aromatic nitrogens is 2. The first kappa shape index (κ1) is 31.2. The number of hydrogen-bond donors (Lipinski definition) is 5. The molecule has 6 rings (SSSR count). The third kappa shape index (κ3) is 7.47. The second-order valence-electron chi connectivity index (χ2n) is 11.0. The Kier molecular flexibility index (Phi) is 9.42. The van der Waals surface area contributed by atoms with E-state index in [1.54, 1.807) is 47.8 Å².